The lowest BCUT2D eigenvalue weighted by molar-refractivity contribution is 0.0516. The molecule has 7 heteroatoms. The van der Waals surface area contributed by atoms with Gasteiger partial charge in [-0.2, -0.15) is 0 Å². The van der Waals surface area contributed by atoms with Gasteiger partial charge in [0.25, 0.3) is 5.91 Å². The molecule has 0 unspecified atom stereocenters. The van der Waals surface area contributed by atoms with Gasteiger partial charge in [0.1, 0.15) is 0 Å². The van der Waals surface area contributed by atoms with Crippen LogP contribution < -0.4 is 15.3 Å². The van der Waals surface area contributed by atoms with E-state index < -0.39 is 7.59 Å². The van der Waals surface area contributed by atoms with Gasteiger partial charge in [-0.15, -0.1) is 0 Å². The normalized spacial score (nSPS) is 25.5. The van der Waals surface area contributed by atoms with Crippen molar-refractivity contribution in [3.05, 3.63) is 34.3 Å². The van der Waals surface area contributed by atoms with Crippen molar-refractivity contribution >= 4 is 29.4 Å². The third-order valence-electron chi connectivity index (χ3n) is 6.55. The summed E-state index contributed by atoms with van der Waals surface area (Å²) in [5.74, 6) is 0.703. The predicted octanol–water partition coefficient (Wildman–Crippen LogP) is 5.34. The Bertz CT molecular complexity index is 697. The molecule has 1 amide bonds. The number of carbonyl (C=O) groups is 1. The molecule has 1 aromatic rings. The molecule has 0 radical (unpaired) electrons. The maximum atomic E-state index is 13.3. The highest BCUT2D eigenvalue weighted by Gasteiger charge is 2.59. The summed E-state index contributed by atoms with van der Waals surface area (Å²) in [6, 6.07) is 7.11. The molecule has 5 nitrogen and oxygen atoms in total. The summed E-state index contributed by atoms with van der Waals surface area (Å²) in [7, 11) is -3.09. The van der Waals surface area contributed by atoms with Crippen LogP contribution in [0.2, 0.25) is 0 Å². The number of benzene rings is 1. The third kappa shape index (κ3) is 4.05. The highest BCUT2D eigenvalue weighted by Crippen LogP contribution is 2.56. The van der Waals surface area contributed by atoms with Gasteiger partial charge in [0.05, 0.1) is 5.66 Å². The van der Waals surface area contributed by atoms with E-state index in [1.54, 1.807) is 12.1 Å². The Labute approximate surface area is 170 Å². The molecule has 0 spiro atoms. The van der Waals surface area contributed by atoms with E-state index in [2.05, 4.69) is 31.2 Å². The van der Waals surface area contributed by atoms with E-state index in [4.69, 9.17) is 0 Å². The molecule has 1 aromatic carbocycles. The molecule has 1 saturated heterocycles. The first kappa shape index (κ1) is 19.6. The molecule has 1 aliphatic heterocycles. The van der Waals surface area contributed by atoms with Crippen LogP contribution in [0.1, 0.15) is 74.6 Å². The summed E-state index contributed by atoms with van der Waals surface area (Å²) in [5.41, 5.74) is 0.258. The van der Waals surface area contributed by atoms with Crippen LogP contribution in [0.3, 0.4) is 0 Å². The van der Waals surface area contributed by atoms with Gasteiger partial charge in [-0.25, -0.2) is 10.2 Å². The van der Waals surface area contributed by atoms with Crippen molar-refractivity contribution < 1.29 is 9.36 Å². The maximum Gasteiger partial charge on any atom is 0.308 e. The maximum absolute atomic E-state index is 13.3. The Kier molecular flexibility index (Phi) is 5.80. The second kappa shape index (κ2) is 7.98. The molecule has 3 N–H and O–H groups in total. The summed E-state index contributed by atoms with van der Waals surface area (Å²) in [6.07, 6.45) is 12.3. The Morgan fingerprint density at radius 1 is 0.926 bits per heavy atom. The minimum absolute atomic E-state index is 0.261. The van der Waals surface area contributed by atoms with Crippen molar-refractivity contribution in [3.63, 3.8) is 0 Å². The molecular weight excluding hydrogens is 425 g/mol. The van der Waals surface area contributed by atoms with Gasteiger partial charge >= 0.3 is 7.59 Å². The number of hydrogen-bond donors (Lipinski definition) is 3. The van der Waals surface area contributed by atoms with E-state index in [1.165, 1.54) is 64.2 Å². The molecule has 2 saturated carbocycles. The van der Waals surface area contributed by atoms with Gasteiger partial charge in [0.2, 0.25) is 0 Å². The smallest absolute Gasteiger partial charge is 0.279 e. The molecule has 3 fully saturated rings. The standard InChI is InChI=1S/C20H29BrN3O2P/c21-18-13-11-15(12-14-18)19(25)22-27(26)23-20(24-27,16-7-3-1-4-8-16)17-9-5-2-6-10-17/h11-14,16-17H,1-10H2,(H3,22,23,24,25,26). The minimum atomic E-state index is -3.09. The van der Waals surface area contributed by atoms with E-state index in [1.807, 2.05) is 12.1 Å². The molecular formula is C20H29BrN3O2P. The van der Waals surface area contributed by atoms with E-state index >= 15 is 0 Å². The highest BCUT2D eigenvalue weighted by molar-refractivity contribution is 9.10. The fraction of sp³-hybridized carbons (Fsp3) is 0.650. The summed E-state index contributed by atoms with van der Waals surface area (Å²) in [4.78, 5) is 12.5. The first-order valence-electron chi connectivity index (χ1n) is 10.3. The van der Waals surface area contributed by atoms with Gasteiger partial charge < -0.3 is 0 Å². The van der Waals surface area contributed by atoms with Crippen LogP contribution >= 0.6 is 23.5 Å². The van der Waals surface area contributed by atoms with Gasteiger partial charge in [0.15, 0.2) is 0 Å². The van der Waals surface area contributed by atoms with Crippen molar-refractivity contribution in [1.82, 2.24) is 15.3 Å². The van der Waals surface area contributed by atoms with E-state index in [0.29, 0.717) is 17.4 Å². The Hall–Kier alpha value is -0.680. The molecule has 0 aromatic heterocycles. The third-order valence-corrected chi connectivity index (χ3v) is 8.96. The lowest BCUT2D eigenvalue weighted by Gasteiger charge is -2.59. The number of hydrogen-bond acceptors (Lipinski definition) is 2. The SMILES string of the molecule is O=C(NP1(=O)NC(C2CCCCC2)(C2CCCCC2)N1)c1ccc(Br)cc1. The number of amides is 1. The van der Waals surface area contributed by atoms with Crippen molar-refractivity contribution in [2.45, 2.75) is 69.9 Å². The zero-order chi connectivity index (χ0) is 18.9. The first-order valence-corrected chi connectivity index (χ1v) is 12.8. The van der Waals surface area contributed by atoms with Crippen LogP contribution in [-0.4, -0.2) is 11.6 Å². The zero-order valence-corrected chi connectivity index (χ0v) is 18.2. The molecule has 4 rings (SSSR count). The van der Waals surface area contributed by atoms with Crippen LogP contribution in [0.5, 0.6) is 0 Å². The Morgan fingerprint density at radius 3 is 1.89 bits per heavy atom. The van der Waals surface area contributed by atoms with Crippen LogP contribution in [-0.2, 0) is 4.57 Å². The largest absolute Gasteiger partial charge is 0.308 e. The number of nitrogens with one attached hydrogen (secondary N) is 3. The lowest BCUT2D eigenvalue weighted by atomic mass is 9.70. The summed E-state index contributed by atoms with van der Waals surface area (Å²) in [6.45, 7) is 0. The monoisotopic (exact) mass is 453 g/mol. The van der Waals surface area contributed by atoms with E-state index in [9.17, 15) is 9.36 Å². The molecule has 2 aliphatic carbocycles. The zero-order valence-electron chi connectivity index (χ0n) is 15.7. The topological polar surface area (TPSA) is 70.2 Å². The van der Waals surface area contributed by atoms with Crippen LogP contribution in [0.4, 0.5) is 0 Å². The number of rotatable bonds is 4. The average Bonchev–Trinajstić information content (AvgIpc) is 2.67. The summed E-state index contributed by atoms with van der Waals surface area (Å²) < 4.78 is 14.2. The van der Waals surface area contributed by atoms with Crippen molar-refractivity contribution in [2.75, 3.05) is 0 Å². The van der Waals surface area contributed by atoms with Crippen LogP contribution in [0.15, 0.2) is 28.7 Å². The Balaban J connectivity index is 1.48. The van der Waals surface area contributed by atoms with Crippen molar-refractivity contribution in [2.24, 2.45) is 11.8 Å². The predicted molar refractivity (Wildman–Crippen MR) is 111 cm³/mol. The van der Waals surface area contributed by atoms with Gasteiger partial charge in [-0.1, -0.05) is 54.5 Å². The second-order valence-corrected chi connectivity index (χ2v) is 11.1. The van der Waals surface area contributed by atoms with Crippen molar-refractivity contribution in [1.29, 1.82) is 0 Å². The molecule has 0 atom stereocenters. The summed E-state index contributed by atoms with van der Waals surface area (Å²) in [5, 5.41) is 9.59. The van der Waals surface area contributed by atoms with Crippen LogP contribution in [0, 0.1) is 11.8 Å². The van der Waals surface area contributed by atoms with Gasteiger partial charge in [0, 0.05) is 10.0 Å². The molecule has 148 valence electrons. The number of halogens is 1. The van der Waals surface area contributed by atoms with Gasteiger partial charge in [-0.05, 0) is 61.8 Å². The quantitative estimate of drug-likeness (QED) is 0.538. The highest BCUT2D eigenvalue weighted by atomic mass is 79.9. The molecule has 3 aliphatic rings. The average molecular weight is 454 g/mol. The number of carbonyl (C=O) groups excluding carboxylic acids is 1. The fourth-order valence-electron chi connectivity index (χ4n) is 5.20. The second-order valence-electron chi connectivity index (χ2n) is 8.32. The molecule has 27 heavy (non-hydrogen) atoms. The molecule has 0 bridgehead atoms. The molecule has 1 heterocycles. The first-order chi connectivity index (χ1) is 13.0. The summed E-state index contributed by atoms with van der Waals surface area (Å²) >= 11 is 3.37. The van der Waals surface area contributed by atoms with E-state index in [0.717, 1.165) is 4.47 Å². The Morgan fingerprint density at radius 2 is 1.41 bits per heavy atom. The van der Waals surface area contributed by atoms with Crippen LogP contribution in [0.25, 0.3) is 0 Å². The van der Waals surface area contributed by atoms with Gasteiger partial charge in [-0.3, -0.25) is 14.4 Å². The fourth-order valence-corrected chi connectivity index (χ4v) is 7.76. The lowest BCUT2D eigenvalue weighted by Crippen LogP contribution is -2.75. The van der Waals surface area contributed by atoms with Crippen molar-refractivity contribution in [3.8, 4) is 0 Å². The minimum Gasteiger partial charge on any atom is -0.279 e. The van der Waals surface area contributed by atoms with E-state index in [-0.39, 0.29) is 11.6 Å².